The Labute approximate surface area is 114 Å². The van der Waals surface area contributed by atoms with Crippen molar-refractivity contribution in [3.63, 3.8) is 0 Å². The van der Waals surface area contributed by atoms with Gasteiger partial charge in [0.15, 0.2) is 11.6 Å². The van der Waals surface area contributed by atoms with Gasteiger partial charge in [0.25, 0.3) is 0 Å². The van der Waals surface area contributed by atoms with Gasteiger partial charge in [-0.3, -0.25) is 0 Å². The number of rotatable bonds is 6. The summed E-state index contributed by atoms with van der Waals surface area (Å²) in [5, 5.41) is 12.4. The zero-order valence-electron chi connectivity index (χ0n) is 11.4. The van der Waals surface area contributed by atoms with Crippen LogP contribution in [-0.2, 0) is 6.54 Å². The molecule has 106 valence electrons. The molecular formula is C15H23FN2O. The first-order valence-electron chi connectivity index (χ1n) is 7.16. The monoisotopic (exact) mass is 266 g/mol. The number of benzene rings is 1. The molecule has 0 unspecified atom stereocenters. The normalized spacial score (nSPS) is 16.7. The molecule has 0 amide bonds. The van der Waals surface area contributed by atoms with Gasteiger partial charge in [0.05, 0.1) is 0 Å². The Bertz CT molecular complexity index is 392. The van der Waals surface area contributed by atoms with Crippen molar-refractivity contribution in [2.75, 3.05) is 26.2 Å². The highest BCUT2D eigenvalue weighted by Gasteiger charge is 2.08. The maximum atomic E-state index is 13.1. The summed E-state index contributed by atoms with van der Waals surface area (Å²) in [5.74, 6) is -0.832. The van der Waals surface area contributed by atoms with Crippen molar-refractivity contribution in [3.05, 3.63) is 29.6 Å². The molecule has 1 aromatic rings. The van der Waals surface area contributed by atoms with Gasteiger partial charge in [-0.2, -0.15) is 0 Å². The average Bonchev–Trinajstić information content (AvgIpc) is 2.43. The van der Waals surface area contributed by atoms with Crippen molar-refractivity contribution in [2.24, 2.45) is 0 Å². The van der Waals surface area contributed by atoms with Gasteiger partial charge in [-0.1, -0.05) is 12.5 Å². The molecule has 19 heavy (non-hydrogen) atoms. The van der Waals surface area contributed by atoms with Crippen LogP contribution in [0.4, 0.5) is 4.39 Å². The molecule has 1 fully saturated rings. The highest BCUT2D eigenvalue weighted by Crippen LogP contribution is 2.15. The molecule has 1 saturated heterocycles. The molecule has 0 radical (unpaired) electrons. The molecule has 4 heteroatoms. The summed E-state index contributed by atoms with van der Waals surface area (Å²) in [7, 11) is 0. The molecule has 1 heterocycles. The third kappa shape index (κ3) is 4.80. The van der Waals surface area contributed by atoms with Gasteiger partial charge in [-0.25, -0.2) is 4.39 Å². The molecule has 1 aliphatic heterocycles. The number of halogens is 1. The predicted octanol–water partition coefficient (Wildman–Crippen LogP) is 2.50. The van der Waals surface area contributed by atoms with Crippen LogP contribution in [0.5, 0.6) is 5.75 Å². The second kappa shape index (κ2) is 7.46. The number of hydrogen-bond donors (Lipinski definition) is 2. The van der Waals surface area contributed by atoms with Gasteiger partial charge in [0.2, 0.25) is 0 Å². The van der Waals surface area contributed by atoms with Crippen molar-refractivity contribution in [1.82, 2.24) is 10.2 Å². The molecule has 0 aromatic heterocycles. The van der Waals surface area contributed by atoms with E-state index in [2.05, 4.69) is 10.2 Å². The molecule has 1 aliphatic rings. The van der Waals surface area contributed by atoms with Crippen LogP contribution in [0, 0.1) is 5.82 Å². The lowest BCUT2D eigenvalue weighted by atomic mass is 10.1. The smallest absolute Gasteiger partial charge is 0.165 e. The quantitative estimate of drug-likeness (QED) is 0.777. The maximum absolute atomic E-state index is 13.1. The van der Waals surface area contributed by atoms with E-state index in [-0.39, 0.29) is 5.75 Å². The van der Waals surface area contributed by atoms with Gasteiger partial charge in [0, 0.05) is 6.54 Å². The van der Waals surface area contributed by atoms with Gasteiger partial charge < -0.3 is 15.3 Å². The fourth-order valence-electron chi connectivity index (χ4n) is 2.50. The van der Waals surface area contributed by atoms with Crippen LogP contribution in [0.15, 0.2) is 18.2 Å². The standard InChI is InChI=1S/C15H23FN2O/c16-14-11-13(5-6-15(14)19)12-17-7-4-10-18-8-2-1-3-9-18/h5-6,11,17,19H,1-4,7-10,12H2. The lowest BCUT2D eigenvalue weighted by molar-refractivity contribution is 0.225. The number of piperidine rings is 1. The number of aromatic hydroxyl groups is 1. The topological polar surface area (TPSA) is 35.5 Å². The van der Waals surface area contributed by atoms with E-state index >= 15 is 0 Å². The van der Waals surface area contributed by atoms with E-state index in [0.717, 1.165) is 25.1 Å². The van der Waals surface area contributed by atoms with Crippen LogP contribution in [0.2, 0.25) is 0 Å². The van der Waals surface area contributed by atoms with E-state index in [0.29, 0.717) is 6.54 Å². The highest BCUT2D eigenvalue weighted by molar-refractivity contribution is 5.27. The summed E-state index contributed by atoms with van der Waals surface area (Å²) in [6.07, 6.45) is 5.17. The molecule has 0 saturated carbocycles. The Balaban J connectivity index is 1.59. The summed E-state index contributed by atoms with van der Waals surface area (Å²) >= 11 is 0. The number of nitrogens with one attached hydrogen (secondary N) is 1. The van der Waals surface area contributed by atoms with Crippen molar-refractivity contribution in [1.29, 1.82) is 0 Å². The molecule has 2 rings (SSSR count). The van der Waals surface area contributed by atoms with Crippen molar-refractivity contribution in [2.45, 2.75) is 32.2 Å². The van der Waals surface area contributed by atoms with Crippen molar-refractivity contribution >= 4 is 0 Å². The number of nitrogens with zero attached hydrogens (tertiary/aromatic N) is 1. The zero-order chi connectivity index (χ0) is 13.5. The Morgan fingerprint density at radius 3 is 2.74 bits per heavy atom. The van der Waals surface area contributed by atoms with E-state index < -0.39 is 5.82 Å². The number of phenolic OH excluding ortho intramolecular Hbond substituents is 1. The summed E-state index contributed by atoms with van der Waals surface area (Å²) < 4.78 is 13.1. The Morgan fingerprint density at radius 2 is 2.00 bits per heavy atom. The molecule has 1 aromatic carbocycles. The first kappa shape index (κ1) is 14.3. The fourth-order valence-corrected chi connectivity index (χ4v) is 2.50. The average molecular weight is 266 g/mol. The first-order valence-corrected chi connectivity index (χ1v) is 7.16. The molecule has 0 aliphatic carbocycles. The zero-order valence-corrected chi connectivity index (χ0v) is 11.4. The van der Waals surface area contributed by atoms with Gasteiger partial charge >= 0.3 is 0 Å². The first-order chi connectivity index (χ1) is 9.25. The van der Waals surface area contributed by atoms with Gasteiger partial charge in [0.1, 0.15) is 0 Å². The van der Waals surface area contributed by atoms with E-state index in [4.69, 9.17) is 5.11 Å². The van der Waals surface area contributed by atoms with E-state index in [1.165, 1.54) is 44.5 Å². The third-order valence-electron chi connectivity index (χ3n) is 3.62. The molecule has 0 bridgehead atoms. The summed E-state index contributed by atoms with van der Waals surface area (Å²) in [4.78, 5) is 2.52. The van der Waals surface area contributed by atoms with Crippen LogP contribution >= 0.6 is 0 Å². The van der Waals surface area contributed by atoms with Gasteiger partial charge in [-0.15, -0.1) is 0 Å². The fraction of sp³-hybridized carbons (Fsp3) is 0.600. The molecule has 2 N–H and O–H groups in total. The Hall–Kier alpha value is -1.13. The highest BCUT2D eigenvalue weighted by atomic mass is 19.1. The minimum Gasteiger partial charge on any atom is -0.505 e. The van der Waals surface area contributed by atoms with Crippen molar-refractivity contribution in [3.8, 4) is 5.75 Å². The minimum atomic E-state index is -0.549. The molecule has 3 nitrogen and oxygen atoms in total. The predicted molar refractivity (Wildman–Crippen MR) is 74.7 cm³/mol. The SMILES string of the molecule is Oc1ccc(CNCCCN2CCCCC2)cc1F. The lowest BCUT2D eigenvalue weighted by Crippen LogP contribution is -2.32. The number of phenols is 1. The minimum absolute atomic E-state index is 0.283. The van der Waals surface area contributed by atoms with E-state index in [1.807, 2.05) is 0 Å². The van der Waals surface area contributed by atoms with Crippen molar-refractivity contribution < 1.29 is 9.50 Å². The maximum Gasteiger partial charge on any atom is 0.165 e. The summed E-state index contributed by atoms with van der Waals surface area (Å²) in [5.41, 5.74) is 0.869. The lowest BCUT2D eigenvalue weighted by Gasteiger charge is -2.26. The van der Waals surface area contributed by atoms with Crippen LogP contribution in [0.3, 0.4) is 0 Å². The van der Waals surface area contributed by atoms with Crippen LogP contribution < -0.4 is 5.32 Å². The number of likely N-dealkylation sites (tertiary alicyclic amines) is 1. The summed E-state index contributed by atoms with van der Waals surface area (Å²) in [6.45, 7) is 5.22. The number of hydrogen-bond acceptors (Lipinski definition) is 3. The van der Waals surface area contributed by atoms with E-state index in [1.54, 1.807) is 6.07 Å². The van der Waals surface area contributed by atoms with Crippen LogP contribution in [0.1, 0.15) is 31.2 Å². The second-order valence-electron chi connectivity index (χ2n) is 5.22. The third-order valence-corrected chi connectivity index (χ3v) is 3.62. The second-order valence-corrected chi connectivity index (χ2v) is 5.22. The largest absolute Gasteiger partial charge is 0.505 e. The molecule has 0 spiro atoms. The molecule has 0 atom stereocenters. The Morgan fingerprint density at radius 1 is 1.21 bits per heavy atom. The summed E-state index contributed by atoms with van der Waals surface area (Å²) in [6, 6.07) is 4.53. The van der Waals surface area contributed by atoms with Crippen LogP contribution in [0.25, 0.3) is 0 Å². The van der Waals surface area contributed by atoms with Crippen LogP contribution in [-0.4, -0.2) is 36.2 Å². The van der Waals surface area contributed by atoms with Gasteiger partial charge in [-0.05, 0) is 63.1 Å². The Kier molecular flexibility index (Phi) is 5.61. The van der Waals surface area contributed by atoms with E-state index in [9.17, 15) is 4.39 Å². The molecular weight excluding hydrogens is 243 g/mol.